The van der Waals surface area contributed by atoms with E-state index in [4.69, 9.17) is 4.74 Å². The lowest BCUT2D eigenvalue weighted by atomic mass is 10.1. The number of hydrogen-bond donors (Lipinski definition) is 0. The highest BCUT2D eigenvalue weighted by molar-refractivity contribution is 5.70. The molecule has 0 bridgehead atoms. The maximum Gasteiger partial charge on any atom is 0.327 e. The van der Waals surface area contributed by atoms with Gasteiger partial charge in [-0.1, -0.05) is 18.2 Å². The fourth-order valence-electron chi connectivity index (χ4n) is 2.21. The summed E-state index contributed by atoms with van der Waals surface area (Å²) in [5, 5.41) is 4.41. The van der Waals surface area contributed by atoms with Gasteiger partial charge in [0.15, 0.2) is 5.82 Å². The van der Waals surface area contributed by atoms with E-state index in [0.717, 1.165) is 16.8 Å². The van der Waals surface area contributed by atoms with Crippen molar-refractivity contribution in [3.05, 3.63) is 55.0 Å². The van der Waals surface area contributed by atoms with E-state index in [1.165, 1.54) is 0 Å². The van der Waals surface area contributed by atoms with Crippen LogP contribution >= 0.6 is 0 Å². The van der Waals surface area contributed by atoms with E-state index in [1.807, 2.05) is 30.3 Å². The predicted molar refractivity (Wildman–Crippen MR) is 85.3 cm³/mol. The zero-order valence-corrected chi connectivity index (χ0v) is 12.7. The first-order chi connectivity index (χ1) is 11.3. The molecule has 1 aromatic carbocycles. The Morgan fingerprint density at radius 2 is 1.91 bits per heavy atom. The highest BCUT2D eigenvalue weighted by atomic mass is 16.5. The zero-order valence-electron chi connectivity index (χ0n) is 12.7. The fraction of sp³-hybridized carbons (Fsp3) is 0.176. The van der Waals surface area contributed by atoms with Crippen LogP contribution in [0, 0.1) is 0 Å². The van der Waals surface area contributed by atoms with Crippen LogP contribution in [0.1, 0.15) is 6.92 Å². The van der Waals surface area contributed by atoms with Gasteiger partial charge in [-0.05, 0) is 25.1 Å². The number of esters is 1. The Morgan fingerprint density at radius 1 is 1.13 bits per heavy atom. The summed E-state index contributed by atoms with van der Waals surface area (Å²) in [6.45, 7) is 2.25. The van der Waals surface area contributed by atoms with Gasteiger partial charge in [0, 0.05) is 29.7 Å². The van der Waals surface area contributed by atoms with Gasteiger partial charge >= 0.3 is 5.97 Å². The monoisotopic (exact) mass is 308 g/mol. The molecule has 0 spiro atoms. The molecular formula is C17H16N4O2. The van der Waals surface area contributed by atoms with Crippen molar-refractivity contribution in [2.75, 3.05) is 6.61 Å². The Labute approximate surface area is 133 Å². The maximum absolute atomic E-state index is 11.5. The lowest BCUT2D eigenvalue weighted by Crippen LogP contribution is -2.13. The number of aromatic nitrogens is 4. The van der Waals surface area contributed by atoms with E-state index in [1.54, 1.807) is 36.3 Å². The Balaban J connectivity index is 1.83. The van der Waals surface area contributed by atoms with Crippen molar-refractivity contribution in [2.24, 2.45) is 0 Å². The van der Waals surface area contributed by atoms with Crippen molar-refractivity contribution in [3.8, 4) is 22.6 Å². The Hall–Kier alpha value is -3.02. The van der Waals surface area contributed by atoms with Crippen LogP contribution < -0.4 is 0 Å². The molecule has 0 aliphatic rings. The van der Waals surface area contributed by atoms with E-state index >= 15 is 0 Å². The number of carbonyl (C=O) groups is 1. The van der Waals surface area contributed by atoms with Crippen molar-refractivity contribution in [2.45, 2.75) is 13.5 Å². The third kappa shape index (κ3) is 3.60. The molecule has 0 aliphatic carbocycles. The summed E-state index contributed by atoms with van der Waals surface area (Å²) in [5.74, 6) is 0.369. The van der Waals surface area contributed by atoms with Crippen LogP contribution in [-0.4, -0.2) is 32.3 Å². The molecular weight excluding hydrogens is 292 g/mol. The van der Waals surface area contributed by atoms with E-state index in [2.05, 4.69) is 15.1 Å². The largest absolute Gasteiger partial charge is 0.465 e. The van der Waals surface area contributed by atoms with Gasteiger partial charge < -0.3 is 4.74 Å². The normalized spacial score (nSPS) is 10.5. The number of carbonyl (C=O) groups excluding carboxylic acids is 1. The molecule has 0 saturated carbocycles. The third-order valence-electron chi connectivity index (χ3n) is 3.22. The van der Waals surface area contributed by atoms with Crippen LogP contribution in [0.5, 0.6) is 0 Å². The predicted octanol–water partition coefficient (Wildman–Crippen LogP) is 2.57. The lowest BCUT2D eigenvalue weighted by molar-refractivity contribution is -0.144. The first-order valence-corrected chi connectivity index (χ1v) is 7.33. The summed E-state index contributed by atoms with van der Waals surface area (Å²) in [6.07, 6.45) is 5.18. The molecule has 23 heavy (non-hydrogen) atoms. The molecule has 116 valence electrons. The highest BCUT2D eigenvalue weighted by Gasteiger charge is 2.08. The first kappa shape index (κ1) is 14.9. The van der Waals surface area contributed by atoms with Gasteiger partial charge in [-0.3, -0.25) is 9.48 Å². The molecule has 6 heteroatoms. The average Bonchev–Trinajstić information content (AvgIpc) is 3.04. The van der Waals surface area contributed by atoms with Crippen LogP contribution in [0.15, 0.2) is 55.0 Å². The topological polar surface area (TPSA) is 69.9 Å². The molecule has 0 amide bonds. The highest BCUT2D eigenvalue weighted by Crippen LogP contribution is 2.22. The number of nitrogens with zero attached hydrogens (tertiary/aromatic N) is 4. The molecule has 0 aliphatic heterocycles. The van der Waals surface area contributed by atoms with Gasteiger partial charge in [-0.2, -0.15) is 5.10 Å². The van der Waals surface area contributed by atoms with Crippen LogP contribution in [0.2, 0.25) is 0 Å². The molecule has 0 radical (unpaired) electrons. The molecule has 0 unspecified atom stereocenters. The zero-order chi connectivity index (χ0) is 16.1. The second-order valence-corrected chi connectivity index (χ2v) is 4.86. The minimum absolute atomic E-state index is 0.106. The maximum atomic E-state index is 11.5. The van der Waals surface area contributed by atoms with Crippen molar-refractivity contribution < 1.29 is 9.53 Å². The van der Waals surface area contributed by atoms with Crippen LogP contribution in [0.25, 0.3) is 22.6 Å². The molecule has 0 fully saturated rings. The molecule has 6 nitrogen and oxygen atoms in total. The lowest BCUT2D eigenvalue weighted by Gasteiger charge is -2.03. The molecule has 3 rings (SSSR count). The van der Waals surface area contributed by atoms with Gasteiger partial charge in [-0.25, -0.2) is 9.97 Å². The van der Waals surface area contributed by atoms with Gasteiger partial charge in [0.1, 0.15) is 6.54 Å². The molecule has 3 aromatic rings. The van der Waals surface area contributed by atoms with E-state index in [0.29, 0.717) is 12.4 Å². The number of ether oxygens (including phenoxy) is 1. The standard InChI is InChI=1S/C17H16N4O2/c1-2-23-16(22)12-21-10-7-15(20-21)13-5-3-6-14(11-13)17-18-8-4-9-19-17/h3-11H,2,12H2,1H3. The van der Waals surface area contributed by atoms with E-state index in [9.17, 15) is 4.79 Å². The van der Waals surface area contributed by atoms with Crippen molar-refractivity contribution >= 4 is 5.97 Å². The van der Waals surface area contributed by atoms with Gasteiger partial charge in [-0.15, -0.1) is 0 Å². The molecule has 0 saturated heterocycles. The summed E-state index contributed by atoms with van der Waals surface area (Å²) in [6, 6.07) is 11.5. The second kappa shape index (κ2) is 6.83. The quantitative estimate of drug-likeness (QED) is 0.678. The number of hydrogen-bond acceptors (Lipinski definition) is 5. The second-order valence-electron chi connectivity index (χ2n) is 4.86. The van der Waals surface area contributed by atoms with Gasteiger partial charge in [0.05, 0.1) is 12.3 Å². The third-order valence-corrected chi connectivity index (χ3v) is 3.22. The van der Waals surface area contributed by atoms with Crippen molar-refractivity contribution in [3.63, 3.8) is 0 Å². The van der Waals surface area contributed by atoms with Gasteiger partial charge in [0.2, 0.25) is 0 Å². The first-order valence-electron chi connectivity index (χ1n) is 7.33. The Morgan fingerprint density at radius 3 is 2.70 bits per heavy atom. The smallest absolute Gasteiger partial charge is 0.327 e. The summed E-state index contributed by atoms with van der Waals surface area (Å²) < 4.78 is 6.49. The minimum atomic E-state index is -0.298. The van der Waals surface area contributed by atoms with Gasteiger partial charge in [0.25, 0.3) is 0 Å². The van der Waals surface area contributed by atoms with Crippen LogP contribution in [0.3, 0.4) is 0 Å². The van der Waals surface area contributed by atoms with Crippen molar-refractivity contribution in [1.29, 1.82) is 0 Å². The summed E-state index contributed by atoms with van der Waals surface area (Å²) >= 11 is 0. The fourth-order valence-corrected chi connectivity index (χ4v) is 2.21. The van der Waals surface area contributed by atoms with E-state index < -0.39 is 0 Å². The summed E-state index contributed by atoms with van der Waals surface area (Å²) in [5.41, 5.74) is 2.65. The molecule has 0 atom stereocenters. The average molecular weight is 308 g/mol. The summed E-state index contributed by atoms with van der Waals surface area (Å²) in [4.78, 5) is 20.0. The van der Waals surface area contributed by atoms with E-state index in [-0.39, 0.29) is 12.5 Å². The SMILES string of the molecule is CCOC(=O)Cn1ccc(-c2cccc(-c3ncccn3)c2)n1. The van der Waals surface area contributed by atoms with Crippen LogP contribution in [0.4, 0.5) is 0 Å². The number of rotatable bonds is 5. The molecule has 0 N–H and O–H groups in total. The van der Waals surface area contributed by atoms with Crippen molar-refractivity contribution in [1.82, 2.24) is 19.7 Å². The van der Waals surface area contributed by atoms with Crippen LogP contribution in [-0.2, 0) is 16.1 Å². The minimum Gasteiger partial charge on any atom is -0.465 e. The summed E-state index contributed by atoms with van der Waals surface area (Å²) in [7, 11) is 0. The number of benzene rings is 1. The Bertz CT molecular complexity index is 799. The molecule has 2 aromatic heterocycles. The molecule has 2 heterocycles. The Kier molecular flexibility index (Phi) is 4.42.